The van der Waals surface area contributed by atoms with Gasteiger partial charge in [0, 0.05) is 6.04 Å². The van der Waals surface area contributed by atoms with Crippen LogP contribution in [0.2, 0.25) is 0 Å². The Hall–Kier alpha value is -1.19. The first-order valence-electron chi connectivity index (χ1n) is 5.89. The van der Waals surface area contributed by atoms with Crippen molar-refractivity contribution in [2.75, 3.05) is 0 Å². The number of halogens is 1. The Morgan fingerprint density at radius 3 is 3.00 bits per heavy atom. The fourth-order valence-corrected chi connectivity index (χ4v) is 2.28. The molecular weight excluding hydrogens is 359 g/mol. The van der Waals surface area contributed by atoms with Crippen molar-refractivity contribution in [2.24, 2.45) is 5.10 Å². The lowest BCUT2D eigenvalue weighted by Gasteiger charge is -2.06. The number of amides is 1. The van der Waals surface area contributed by atoms with Crippen molar-refractivity contribution in [3.8, 4) is 5.75 Å². The molecule has 1 fully saturated rings. The van der Waals surface area contributed by atoms with Gasteiger partial charge in [0.1, 0.15) is 11.8 Å². The van der Waals surface area contributed by atoms with Crippen LogP contribution in [0, 0.1) is 3.57 Å². The van der Waals surface area contributed by atoms with Gasteiger partial charge in [-0.1, -0.05) is 0 Å². The molecule has 0 bridgehead atoms. The number of nitrogens with zero attached hydrogens (tertiary/aromatic N) is 1. The van der Waals surface area contributed by atoms with Gasteiger partial charge in [0.05, 0.1) is 9.78 Å². The first-order valence-corrected chi connectivity index (χ1v) is 6.96. The number of carbonyl (C=O) groups is 1. The van der Waals surface area contributed by atoms with Crippen molar-refractivity contribution in [1.29, 1.82) is 0 Å². The molecule has 1 amide bonds. The first-order chi connectivity index (χ1) is 9.06. The Kier molecular flexibility index (Phi) is 4.72. The van der Waals surface area contributed by atoms with Crippen LogP contribution < -0.4 is 16.3 Å². The molecule has 6 nitrogen and oxygen atoms in total. The Labute approximate surface area is 124 Å². The summed E-state index contributed by atoms with van der Waals surface area (Å²) in [6.07, 6.45) is 2.28. The van der Waals surface area contributed by atoms with E-state index >= 15 is 0 Å². The van der Waals surface area contributed by atoms with Crippen LogP contribution in [0.15, 0.2) is 23.3 Å². The number of hydrazone groups is 1. The summed E-state index contributed by atoms with van der Waals surface area (Å²) in [7, 11) is 0. The fraction of sp³-hybridized carbons (Fsp3) is 0.333. The summed E-state index contributed by atoms with van der Waals surface area (Å²) in [5.41, 5.74) is 9.19. The number of carbonyl (C=O) groups excluding carboxylic acids is 1. The molecular formula is C12H15IN4O2. The minimum atomic E-state index is -0.257. The van der Waals surface area contributed by atoms with E-state index in [0.717, 1.165) is 15.6 Å². The van der Waals surface area contributed by atoms with Crippen LogP contribution in [0.4, 0.5) is 0 Å². The molecule has 0 spiro atoms. The third-order valence-electron chi connectivity index (χ3n) is 2.77. The Bertz CT molecular complexity index is 507. The van der Waals surface area contributed by atoms with E-state index in [1.165, 1.54) is 0 Å². The van der Waals surface area contributed by atoms with E-state index in [0.29, 0.717) is 0 Å². The lowest BCUT2D eigenvalue weighted by molar-refractivity contribution is -0.122. The third kappa shape index (κ3) is 3.88. The van der Waals surface area contributed by atoms with Crippen LogP contribution in [-0.2, 0) is 4.79 Å². The molecule has 7 heteroatoms. The average Bonchev–Trinajstić information content (AvgIpc) is 2.80. The highest BCUT2D eigenvalue weighted by molar-refractivity contribution is 14.1. The number of nitrogens with one attached hydrogen (secondary N) is 3. The number of hydrazine groups is 1. The van der Waals surface area contributed by atoms with Gasteiger partial charge < -0.3 is 5.11 Å². The van der Waals surface area contributed by atoms with Gasteiger partial charge in [-0.3, -0.25) is 10.2 Å². The predicted octanol–water partition coefficient (Wildman–Crippen LogP) is 0.702. The normalized spacial score (nSPS) is 22.8. The van der Waals surface area contributed by atoms with Gasteiger partial charge in [-0.2, -0.15) is 5.10 Å². The molecule has 0 saturated carbocycles. The quantitative estimate of drug-likeness (QED) is 0.357. The van der Waals surface area contributed by atoms with Crippen LogP contribution in [0.3, 0.4) is 0 Å². The second-order valence-corrected chi connectivity index (χ2v) is 5.59. The van der Waals surface area contributed by atoms with E-state index in [4.69, 9.17) is 0 Å². The number of hydrogen-bond donors (Lipinski definition) is 4. The molecule has 2 unspecified atom stereocenters. The topological polar surface area (TPSA) is 85.8 Å². The maximum atomic E-state index is 11.7. The molecule has 0 radical (unpaired) electrons. The van der Waals surface area contributed by atoms with Crippen molar-refractivity contribution in [1.82, 2.24) is 16.3 Å². The summed E-state index contributed by atoms with van der Waals surface area (Å²) in [6.45, 7) is 2.00. The minimum absolute atomic E-state index is 0.165. The van der Waals surface area contributed by atoms with Gasteiger partial charge in [-0.25, -0.2) is 10.9 Å². The Morgan fingerprint density at radius 1 is 1.58 bits per heavy atom. The maximum Gasteiger partial charge on any atom is 0.258 e. The molecule has 1 aliphatic rings. The van der Waals surface area contributed by atoms with Crippen LogP contribution in [-0.4, -0.2) is 29.3 Å². The molecule has 2 rings (SSSR count). The zero-order valence-corrected chi connectivity index (χ0v) is 12.5. The minimum Gasteiger partial charge on any atom is -0.507 e. The molecule has 1 aromatic rings. The smallest absolute Gasteiger partial charge is 0.258 e. The number of hydrogen-bond acceptors (Lipinski definition) is 5. The molecule has 4 N–H and O–H groups in total. The maximum absolute atomic E-state index is 11.7. The lowest BCUT2D eigenvalue weighted by Crippen LogP contribution is -2.41. The van der Waals surface area contributed by atoms with Gasteiger partial charge in [-0.05, 0) is 59.7 Å². The first kappa shape index (κ1) is 14.2. The number of rotatable bonds is 3. The number of benzene rings is 1. The van der Waals surface area contributed by atoms with Crippen LogP contribution in [0.1, 0.15) is 18.9 Å². The van der Waals surface area contributed by atoms with Crippen molar-refractivity contribution in [3.05, 3.63) is 27.3 Å². The van der Waals surface area contributed by atoms with Gasteiger partial charge >= 0.3 is 0 Å². The number of phenols is 1. The summed E-state index contributed by atoms with van der Waals surface area (Å²) in [4.78, 5) is 11.7. The van der Waals surface area contributed by atoms with E-state index < -0.39 is 0 Å². The predicted molar refractivity (Wildman–Crippen MR) is 80.7 cm³/mol. The SMILES string of the molecule is CC1CC(C(=O)N/N=C/c2ccc(O)c(I)c2)NN1. The summed E-state index contributed by atoms with van der Waals surface area (Å²) in [5.74, 6) is 0.0681. The van der Waals surface area contributed by atoms with Crippen molar-refractivity contribution in [3.63, 3.8) is 0 Å². The molecule has 2 atom stereocenters. The average molecular weight is 374 g/mol. The zero-order valence-electron chi connectivity index (χ0n) is 10.4. The monoisotopic (exact) mass is 374 g/mol. The van der Waals surface area contributed by atoms with Crippen LogP contribution in [0.25, 0.3) is 0 Å². The van der Waals surface area contributed by atoms with E-state index in [-0.39, 0.29) is 23.7 Å². The van der Waals surface area contributed by atoms with Crippen LogP contribution in [0.5, 0.6) is 5.75 Å². The standard InChI is InChI=1S/C12H15IN4O2/c1-7-4-10(16-15-7)12(19)17-14-6-8-2-3-11(18)9(13)5-8/h2-3,5-7,10,15-16,18H,4H2,1H3,(H,17,19)/b14-6+. The van der Waals surface area contributed by atoms with Gasteiger partial charge in [-0.15, -0.1) is 0 Å². The van der Waals surface area contributed by atoms with E-state index in [1.807, 2.05) is 29.5 Å². The third-order valence-corrected chi connectivity index (χ3v) is 3.63. The van der Waals surface area contributed by atoms with Gasteiger partial charge in [0.25, 0.3) is 5.91 Å². The fourth-order valence-electron chi connectivity index (χ4n) is 1.74. The lowest BCUT2D eigenvalue weighted by atomic mass is 10.1. The molecule has 1 aliphatic heterocycles. The van der Waals surface area contributed by atoms with E-state index in [1.54, 1.807) is 24.4 Å². The van der Waals surface area contributed by atoms with Crippen molar-refractivity contribution in [2.45, 2.75) is 25.4 Å². The Morgan fingerprint density at radius 2 is 2.37 bits per heavy atom. The highest BCUT2D eigenvalue weighted by atomic mass is 127. The summed E-state index contributed by atoms with van der Waals surface area (Å²) in [6, 6.07) is 5.12. The van der Waals surface area contributed by atoms with E-state index in [2.05, 4.69) is 21.4 Å². The molecule has 19 heavy (non-hydrogen) atoms. The van der Waals surface area contributed by atoms with Gasteiger partial charge in [0.15, 0.2) is 0 Å². The van der Waals surface area contributed by atoms with Crippen molar-refractivity contribution < 1.29 is 9.90 Å². The molecule has 1 aromatic carbocycles. The molecule has 1 heterocycles. The zero-order chi connectivity index (χ0) is 13.8. The second kappa shape index (κ2) is 6.31. The molecule has 0 aromatic heterocycles. The molecule has 102 valence electrons. The molecule has 1 saturated heterocycles. The summed E-state index contributed by atoms with van der Waals surface area (Å²) in [5, 5.41) is 13.3. The highest BCUT2D eigenvalue weighted by Gasteiger charge is 2.26. The summed E-state index contributed by atoms with van der Waals surface area (Å²) >= 11 is 2.03. The summed E-state index contributed by atoms with van der Waals surface area (Å²) < 4.78 is 0.739. The largest absolute Gasteiger partial charge is 0.507 e. The number of phenolic OH excluding ortho intramolecular Hbond substituents is 1. The number of aromatic hydroxyl groups is 1. The highest BCUT2D eigenvalue weighted by Crippen LogP contribution is 2.19. The van der Waals surface area contributed by atoms with E-state index in [9.17, 15) is 9.90 Å². The molecule has 0 aliphatic carbocycles. The van der Waals surface area contributed by atoms with Crippen LogP contribution >= 0.6 is 22.6 Å². The van der Waals surface area contributed by atoms with Gasteiger partial charge in [0.2, 0.25) is 0 Å². The Balaban J connectivity index is 1.89. The van der Waals surface area contributed by atoms with Crippen molar-refractivity contribution >= 4 is 34.7 Å². The second-order valence-electron chi connectivity index (χ2n) is 4.42.